The molecule has 16 heteroatoms. The molecule has 34 heavy (non-hydrogen) atoms. The minimum Gasteiger partial charge on any atom is -0.463 e. The lowest BCUT2D eigenvalue weighted by molar-refractivity contribution is -0.176. The Morgan fingerprint density at radius 3 is 2.41 bits per heavy atom. The van der Waals surface area contributed by atoms with Crippen molar-refractivity contribution in [2.75, 3.05) is 11.9 Å². The van der Waals surface area contributed by atoms with Crippen molar-refractivity contribution in [2.45, 2.75) is 51.4 Å². The summed E-state index contributed by atoms with van der Waals surface area (Å²) in [6.45, 7) is 2.78. The van der Waals surface area contributed by atoms with Gasteiger partial charge in [-0.25, -0.2) is 15.0 Å². The maximum absolute atomic E-state index is 12.9. The van der Waals surface area contributed by atoms with Gasteiger partial charge in [0.15, 0.2) is 29.3 Å². The third kappa shape index (κ3) is 5.38. The highest BCUT2D eigenvalue weighted by atomic mass is 19.4. The number of aromatic nitrogens is 4. The van der Waals surface area contributed by atoms with Gasteiger partial charge in [0, 0.05) is 20.8 Å². The molecule has 0 bridgehead atoms. The smallest absolute Gasteiger partial charge is 0.463 e. The van der Waals surface area contributed by atoms with E-state index in [1.165, 1.54) is 17.8 Å². The Labute approximate surface area is 189 Å². The summed E-state index contributed by atoms with van der Waals surface area (Å²) < 4.78 is 55.9. The van der Waals surface area contributed by atoms with Crippen LogP contribution in [-0.2, 0) is 33.4 Å². The molecule has 0 radical (unpaired) electrons. The van der Waals surface area contributed by atoms with E-state index in [0.29, 0.717) is 0 Å². The molecule has 0 unspecified atom stereocenters. The van der Waals surface area contributed by atoms with E-state index in [2.05, 4.69) is 20.3 Å². The van der Waals surface area contributed by atoms with Gasteiger partial charge in [-0.3, -0.25) is 23.7 Å². The van der Waals surface area contributed by atoms with E-state index < -0.39 is 61.0 Å². The molecular formula is C18H19F3N6O7. The van der Waals surface area contributed by atoms with Crippen LogP contribution in [0.1, 0.15) is 27.0 Å². The molecule has 184 valence electrons. The second kappa shape index (κ2) is 9.58. The number of nitrogens with zero attached hydrogens (tertiary/aromatic N) is 4. The lowest BCUT2D eigenvalue weighted by atomic mass is 10.1. The van der Waals surface area contributed by atoms with Gasteiger partial charge in [0.2, 0.25) is 5.91 Å². The van der Waals surface area contributed by atoms with Gasteiger partial charge >= 0.3 is 24.0 Å². The second-order valence-corrected chi connectivity index (χ2v) is 7.17. The number of carbonyl (C=O) groups is 4. The zero-order valence-corrected chi connectivity index (χ0v) is 18.0. The van der Waals surface area contributed by atoms with Crippen molar-refractivity contribution in [3.8, 4) is 0 Å². The van der Waals surface area contributed by atoms with Crippen LogP contribution >= 0.6 is 0 Å². The predicted octanol–water partition coefficient (Wildman–Crippen LogP) is 0.224. The van der Waals surface area contributed by atoms with Gasteiger partial charge in [0.25, 0.3) is 0 Å². The standard InChI is InChI=1S/C18H19F3N6O7/c1-7(28)25-14-12-15(23-5-22-14)27(6-24-12)16-13(33-9(3)30)11(26-17(31)18(19,20)21)10(34-16)4-32-8(2)29/h5-6,10-11,13,16H,4H2,1-3H3,(H,26,31)(H,22,23,25,28)/t10-,11+,13+,16+/m0/s1. The van der Waals surface area contributed by atoms with Crippen molar-refractivity contribution in [3.05, 3.63) is 12.7 Å². The number of ether oxygens (including phenoxy) is 3. The van der Waals surface area contributed by atoms with Crippen LogP contribution < -0.4 is 10.6 Å². The van der Waals surface area contributed by atoms with Crippen molar-refractivity contribution in [1.29, 1.82) is 0 Å². The van der Waals surface area contributed by atoms with Crippen molar-refractivity contribution in [1.82, 2.24) is 24.8 Å². The molecule has 0 saturated carbocycles. The quantitative estimate of drug-likeness (QED) is 0.538. The first-order valence-corrected chi connectivity index (χ1v) is 9.67. The van der Waals surface area contributed by atoms with Gasteiger partial charge in [-0.2, -0.15) is 13.2 Å². The zero-order valence-electron chi connectivity index (χ0n) is 18.0. The molecule has 3 heterocycles. The summed E-state index contributed by atoms with van der Waals surface area (Å²) in [5, 5.41) is 4.20. The fourth-order valence-corrected chi connectivity index (χ4v) is 3.32. The number of hydrogen-bond acceptors (Lipinski definition) is 10. The number of alkyl halides is 3. The highest BCUT2D eigenvalue weighted by Gasteiger charge is 2.52. The zero-order chi connectivity index (χ0) is 25.2. The highest BCUT2D eigenvalue weighted by Crippen LogP contribution is 2.35. The number of hydrogen-bond donors (Lipinski definition) is 2. The van der Waals surface area contributed by atoms with E-state index in [1.54, 1.807) is 5.32 Å². The topological polar surface area (TPSA) is 164 Å². The fraction of sp³-hybridized carbons (Fsp3) is 0.500. The molecule has 0 spiro atoms. The largest absolute Gasteiger partial charge is 0.471 e. The molecule has 3 rings (SSSR count). The van der Waals surface area contributed by atoms with E-state index in [-0.39, 0.29) is 17.0 Å². The first kappa shape index (κ1) is 24.8. The summed E-state index contributed by atoms with van der Waals surface area (Å²) in [6, 6.07) is -1.56. The lowest BCUT2D eigenvalue weighted by Crippen LogP contribution is -2.53. The normalized spacial score (nSPS) is 22.3. The molecule has 2 aromatic rings. The van der Waals surface area contributed by atoms with Crippen LogP contribution in [0.5, 0.6) is 0 Å². The molecule has 1 saturated heterocycles. The van der Waals surface area contributed by atoms with Crippen molar-refractivity contribution >= 4 is 40.7 Å². The monoisotopic (exact) mass is 488 g/mol. The predicted molar refractivity (Wildman–Crippen MR) is 104 cm³/mol. The number of nitrogens with one attached hydrogen (secondary N) is 2. The van der Waals surface area contributed by atoms with Crippen LogP contribution in [0.15, 0.2) is 12.7 Å². The number of anilines is 1. The maximum atomic E-state index is 12.9. The molecule has 0 aromatic carbocycles. The summed E-state index contributed by atoms with van der Waals surface area (Å²) in [6.07, 6.45) is -7.14. The van der Waals surface area contributed by atoms with Crippen molar-refractivity contribution < 1.29 is 46.6 Å². The Balaban J connectivity index is 2.04. The summed E-state index contributed by atoms with van der Waals surface area (Å²) in [5.41, 5.74) is 0.192. The van der Waals surface area contributed by atoms with E-state index in [0.717, 1.165) is 20.2 Å². The molecule has 0 aliphatic carbocycles. The molecular weight excluding hydrogens is 469 g/mol. The Morgan fingerprint density at radius 2 is 1.82 bits per heavy atom. The Kier molecular flexibility index (Phi) is 6.99. The van der Waals surface area contributed by atoms with Gasteiger partial charge in [0.1, 0.15) is 25.1 Å². The van der Waals surface area contributed by atoms with E-state index >= 15 is 0 Å². The molecule has 1 aliphatic rings. The summed E-state index contributed by atoms with van der Waals surface area (Å²) in [4.78, 5) is 58.2. The van der Waals surface area contributed by atoms with Gasteiger partial charge in [0.05, 0.1) is 6.33 Å². The SMILES string of the molecule is CC(=O)Nc1ncnc2c1ncn2[C@@H]1O[C@@H](COC(C)=O)[C@@H](NC(=O)C(F)(F)F)[C@H]1OC(C)=O. The summed E-state index contributed by atoms with van der Waals surface area (Å²) in [7, 11) is 0. The van der Waals surface area contributed by atoms with Crippen LogP contribution in [0.25, 0.3) is 11.2 Å². The number of esters is 2. The van der Waals surface area contributed by atoms with Gasteiger partial charge in [-0.1, -0.05) is 0 Å². The molecule has 1 fully saturated rings. The summed E-state index contributed by atoms with van der Waals surface area (Å²) in [5.74, 6) is -4.33. The third-order valence-corrected chi connectivity index (χ3v) is 4.59. The molecule has 2 amide bonds. The lowest BCUT2D eigenvalue weighted by Gasteiger charge is -2.25. The molecule has 2 aromatic heterocycles. The molecule has 4 atom stereocenters. The average molecular weight is 488 g/mol. The van der Waals surface area contributed by atoms with Gasteiger partial charge < -0.3 is 24.8 Å². The van der Waals surface area contributed by atoms with Crippen molar-refractivity contribution in [3.63, 3.8) is 0 Å². The molecule has 2 N–H and O–H groups in total. The van der Waals surface area contributed by atoms with Crippen LogP contribution in [0.2, 0.25) is 0 Å². The Morgan fingerprint density at radius 1 is 1.12 bits per heavy atom. The minimum absolute atomic E-state index is 0.0525. The molecule has 13 nitrogen and oxygen atoms in total. The van der Waals surface area contributed by atoms with Crippen molar-refractivity contribution in [2.24, 2.45) is 0 Å². The Bertz CT molecular complexity index is 1120. The van der Waals surface area contributed by atoms with Crippen LogP contribution in [-0.4, -0.2) is 74.3 Å². The number of halogens is 3. The van der Waals surface area contributed by atoms with E-state index in [9.17, 15) is 32.3 Å². The number of fused-ring (bicyclic) bond motifs is 1. The first-order chi connectivity index (χ1) is 15.9. The highest BCUT2D eigenvalue weighted by molar-refractivity contribution is 5.95. The first-order valence-electron chi connectivity index (χ1n) is 9.67. The van der Waals surface area contributed by atoms with E-state index in [1.807, 2.05) is 0 Å². The molecule has 1 aliphatic heterocycles. The number of rotatable bonds is 6. The van der Waals surface area contributed by atoms with Crippen LogP contribution in [0.4, 0.5) is 19.0 Å². The number of amides is 2. The van der Waals surface area contributed by atoms with E-state index in [4.69, 9.17) is 14.2 Å². The van der Waals surface area contributed by atoms with Crippen LogP contribution in [0, 0.1) is 0 Å². The number of carbonyl (C=O) groups excluding carboxylic acids is 4. The van der Waals surface area contributed by atoms with Gasteiger partial charge in [-0.15, -0.1) is 0 Å². The second-order valence-electron chi connectivity index (χ2n) is 7.17. The minimum atomic E-state index is -5.24. The number of imidazole rings is 1. The van der Waals surface area contributed by atoms with Gasteiger partial charge in [-0.05, 0) is 0 Å². The maximum Gasteiger partial charge on any atom is 0.471 e. The van der Waals surface area contributed by atoms with Crippen LogP contribution in [0.3, 0.4) is 0 Å². The summed E-state index contributed by atoms with van der Waals surface area (Å²) >= 11 is 0. The third-order valence-electron chi connectivity index (χ3n) is 4.59. The average Bonchev–Trinajstić information content (AvgIpc) is 3.27. The Hall–Kier alpha value is -3.82. The fourth-order valence-electron chi connectivity index (χ4n) is 3.32.